The molecule has 0 aromatic heterocycles. The number of phenols is 1. The van der Waals surface area contributed by atoms with Crippen molar-refractivity contribution in [3.8, 4) is 5.75 Å². The highest BCUT2D eigenvalue weighted by Crippen LogP contribution is 2.24. The number of carboxylic acid groups (broad SMARTS) is 1. The number of hydrogen-bond donors (Lipinski definition) is 3. The third-order valence-corrected chi connectivity index (χ3v) is 4.25. The van der Waals surface area contributed by atoms with E-state index in [1.807, 2.05) is 0 Å². The van der Waals surface area contributed by atoms with Gasteiger partial charge in [-0.25, -0.2) is 13.2 Å². The number of aromatic carboxylic acids is 1. The third kappa shape index (κ3) is 3.45. The van der Waals surface area contributed by atoms with Crippen LogP contribution in [-0.4, -0.2) is 24.6 Å². The van der Waals surface area contributed by atoms with Crippen LogP contribution < -0.4 is 4.72 Å². The SMILES string of the molecule is O=C(O)c1cc(NS(=O)(=O)c2ccc(Cl)cc2)ccc1O. The number of hydrogen-bond acceptors (Lipinski definition) is 4. The van der Waals surface area contributed by atoms with E-state index in [-0.39, 0.29) is 10.6 Å². The summed E-state index contributed by atoms with van der Waals surface area (Å²) in [4.78, 5) is 10.9. The van der Waals surface area contributed by atoms with Gasteiger partial charge in [0.15, 0.2) is 0 Å². The first-order chi connectivity index (χ1) is 9.79. The molecule has 0 aliphatic heterocycles. The smallest absolute Gasteiger partial charge is 0.339 e. The molecule has 2 aromatic carbocycles. The summed E-state index contributed by atoms with van der Waals surface area (Å²) in [5, 5.41) is 18.7. The molecule has 0 spiro atoms. The van der Waals surface area contributed by atoms with Crippen LogP contribution in [0.15, 0.2) is 47.4 Å². The quantitative estimate of drug-likeness (QED) is 0.749. The zero-order valence-electron chi connectivity index (χ0n) is 10.4. The number of anilines is 1. The highest BCUT2D eigenvalue weighted by atomic mass is 35.5. The summed E-state index contributed by atoms with van der Waals surface area (Å²) in [6.07, 6.45) is 0. The molecule has 0 aliphatic rings. The van der Waals surface area contributed by atoms with Crippen LogP contribution >= 0.6 is 11.6 Å². The van der Waals surface area contributed by atoms with Gasteiger partial charge in [0.25, 0.3) is 10.0 Å². The Balaban J connectivity index is 2.35. The van der Waals surface area contributed by atoms with Crippen LogP contribution in [0.5, 0.6) is 5.75 Å². The minimum absolute atomic E-state index is 0.0168. The van der Waals surface area contributed by atoms with E-state index in [4.69, 9.17) is 16.7 Å². The van der Waals surface area contributed by atoms with Gasteiger partial charge in [0.2, 0.25) is 0 Å². The number of nitrogens with one attached hydrogen (secondary N) is 1. The Morgan fingerprint density at radius 2 is 1.71 bits per heavy atom. The Bertz CT molecular complexity index is 787. The van der Waals surface area contributed by atoms with E-state index >= 15 is 0 Å². The van der Waals surface area contributed by atoms with Gasteiger partial charge in [-0.2, -0.15) is 0 Å². The molecule has 8 heteroatoms. The van der Waals surface area contributed by atoms with Crippen molar-refractivity contribution in [2.45, 2.75) is 4.90 Å². The lowest BCUT2D eigenvalue weighted by Crippen LogP contribution is -2.13. The first-order valence-corrected chi connectivity index (χ1v) is 7.50. The van der Waals surface area contributed by atoms with Gasteiger partial charge in [-0.15, -0.1) is 0 Å². The largest absolute Gasteiger partial charge is 0.507 e. The predicted octanol–water partition coefficient (Wildman–Crippen LogP) is 2.54. The van der Waals surface area contributed by atoms with Crippen molar-refractivity contribution < 1.29 is 23.4 Å². The number of rotatable bonds is 4. The van der Waals surface area contributed by atoms with Crippen LogP contribution in [0, 0.1) is 0 Å². The third-order valence-electron chi connectivity index (χ3n) is 2.60. The second-order valence-electron chi connectivity index (χ2n) is 4.10. The van der Waals surface area contributed by atoms with Crippen molar-refractivity contribution in [3.63, 3.8) is 0 Å². The average Bonchev–Trinajstić information content (AvgIpc) is 2.41. The van der Waals surface area contributed by atoms with E-state index in [1.54, 1.807) is 0 Å². The normalized spacial score (nSPS) is 11.1. The number of benzene rings is 2. The molecular formula is C13H10ClNO5S. The van der Waals surface area contributed by atoms with Crippen molar-refractivity contribution in [2.75, 3.05) is 4.72 Å². The molecule has 0 heterocycles. The van der Waals surface area contributed by atoms with Gasteiger partial charge in [-0.3, -0.25) is 4.72 Å². The molecule has 2 aromatic rings. The van der Waals surface area contributed by atoms with Crippen LogP contribution in [-0.2, 0) is 10.0 Å². The van der Waals surface area contributed by atoms with E-state index in [1.165, 1.54) is 30.3 Å². The van der Waals surface area contributed by atoms with Gasteiger partial charge in [0.05, 0.1) is 4.90 Å². The van der Waals surface area contributed by atoms with Crippen LogP contribution in [0.25, 0.3) is 0 Å². The van der Waals surface area contributed by atoms with Crippen molar-refractivity contribution in [1.82, 2.24) is 0 Å². The molecule has 6 nitrogen and oxygen atoms in total. The van der Waals surface area contributed by atoms with Gasteiger partial charge >= 0.3 is 5.97 Å². The van der Waals surface area contributed by atoms with Crippen LogP contribution in [0.1, 0.15) is 10.4 Å². The lowest BCUT2D eigenvalue weighted by atomic mass is 10.2. The summed E-state index contributed by atoms with van der Waals surface area (Å²) in [6, 6.07) is 8.89. The highest BCUT2D eigenvalue weighted by Gasteiger charge is 2.16. The van der Waals surface area contributed by atoms with Crippen LogP contribution in [0.4, 0.5) is 5.69 Å². The monoisotopic (exact) mass is 327 g/mol. The van der Waals surface area contributed by atoms with Gasteiger partial charge in [-0.1, -0.05) is 11.6 Å². The van der Waals surface area contributed by atoms with Gasteiger partial charge in [-0.05, 0) is 42.5 Å². The number of carboxylic acids is 1. The Hall–Kier alpha value is -2.25. The molecule has 0 saturated heterocycles. The predicted molar refractivity (Wildman–Crippen MR) is 77.3 cm³/mol. The molecule has 0 fully saturated rings. The Morgan fingerprint density at radius 1 is 1.10 bits per heavy atom. The van der Waals surface area contributed by atoms with E-state index in [2.05, 4.69) is 4.72 Å². The number of aromatic hydroxyl groups is 1. The number of halogens is 1. The lowest BCUT2D eigenvalue weighted by Gasteiger charge is -2.09. The Morgan fingerprint density at radius 3 is 2.29 bits per heavy atom. The second kappa shape index (κ2) is 5.63. The molecule has 0 unspecified atom stereocenters. The average molecular weight is 328 g/mol. The number of carbonyl (C=O) groups is 1. The zero-order chi connectivity index (χ0) is 15.6. The molecule has 0 radical (unpaired) electrons. The zero-order valence-corrected chi connectivity index (χ0v) is 12.0. The van der Waals surface area contributed by atoms with E-state index in [0.29, 0.717) is 5.02 Å². The standard InChI is InChI=1S/C13H10ClNO5S/c14-8-1-4-10(5-2-8)21(19,20)15-9-3-6-12(16)11(7-9)13(17)18/h1-7,15-16H,(H,17,18). The Labute approximate surface area is 125 Å². The summed E-state index contributed by atoms with van der Waals surface area (Å²) >= 11 is 5.69. The summed E-state index contributed by atoms with van der Waals surface area (Å²) < 4.78 is 26.5. The maximum atomic E-state index is 12.1. The fraction of sp³-hybridized carbons (Fsp3) is 0. The van der Waals surface area contributed by atoms with Crippen molar-refractivity contribution in [2.24, 2.45) is 0 Å². The van der Waals surface area contributed by atoms with Crippen molar-refractivity contribution >= 4 is 33.3 Å². The fourth-order valence-electron chi connectivity index (χ4n) is 1.60. The van der Waals surface area contributed by atoms with E-state index in [9.17, 15) is 18.3 Å². The summed E-state index contributed by atoms with van der Waals surface area (Å²) in [7, 11) is -3.87. The van der Waals surface area contributed by atoms with Crippen LogP contribution in [0.3, 0.4) is 0 Å². The fourth-order valence-corrected chi connectivity index (χ4v) is 2.77. The molecule has 2 rings (SSSR count). The molecule has 0 atom stereocenters. The topological polar surface area (TPSA) is 104 Å². The van der Waals surface area contributed by atoms with Crippen molar-refractivity contribution in [3.05, 3.63) is 53.1 Å². The van der Waals surface area contributed by atoms with Gasteiger partial charge in [0, 0.05) is 10.7 Å². The van der Waals surface area contributed by atoms with Gasteiger partial charge in [0.1, 0.15) is 11.3 Å². The molecular weight excluding hydrogens is 318 g/mol. The molecule has 0 bridgehead atoms. The lowest BCUT2D eigenvalue weighted by molar-refractivity contribution is 0.0694. The maximum absolute atomic E-state index is 12.1. The molecule has 3 N–H and O–H groups in total. The molecule has 21 heavy (non-hydrogen) atoms. The van der Waals surface area contributed by atoms with Gasteiger partial charge < -0.3 is 10.2 Å². The second-order valence-corrected chi connectivity index (χ2v) is 6.22. The Kier molecular flexibility index (Phi) is 4.06. The highest BCUT2D eigenvalue weighted by molar-refractivity contribution is 7.92. The molecule has 110 valence electrons. The maximum Gasteiger partial charge on any atom is 0.339 e. The first kappa shape index (κ1) is 15.1. The minimum Gasteiger partial charge on any atom is -0.507 e. The molecule has 0 saturated carbocycles. The van der Waals surface area contributed by atoms with E-state index in [0.717, 1.165) is 12.1 Å². The summed E-state index contributed by atoms with van der Waals surface area (Å²) in [5.41, 5.74) is -0.369. The first-order valence-electron chi connectivity index (χ1n) is 5.64. The minimum atomic E-state index is -3.87. The van der Waals surface area contributed by atoms with Crippen molar-refractivity contribution in [1.29, 1.82) is 0 Å². The van der Waals surface area contributed by atoms with E-state index < -0.39 is 27.3 Å². The summed E-state index contributed by atoms with van der Waals surface area (Å²) in [6.45, 7) is 0. The van der Waals surface area contributed by atoms with Crippen LogP contribution in [0.2, 0.25) is 5.02 Å². The summed E-state index contributed by atoms with van der Waals surface area (Å²) in [5.74, 6) is -1.81. The molecule has 0 amide bonds. The molecule has 0 aliphatic carbocycles. The number of sulfonamides is 1.